The molecule has 1 saturated heterocycles. The van der Waals surface area contributed by atoms with Crippen LogP contribution in [0.4, 0.5) is 0 Å². The summed E-state index contributed by atoms with van der Waals surface area (Å²) in [6.45, 7) is 6.78. The van der Waals surface area contributed by atoms with Crippen LogP contribution in [0.15, 0.2) is 29.0 Å². The van der Waals surface area contributed by atoms with Crippen molar-refractivity contribution >= 4 is 0 Å². The summed E-state index contributed by atoms with van der Waals surface area (Å²) in [6.07, 6.45) is 6.46. The Balaban J connectivity index is 1.33. The summed E-state index contributed by atoms with van der Waals surface area (Å²) in [5, 5.41) is 4.07. The summed E-state index contributed by atoms with van der Waals surface area (Å²) < 4.78 is 11.4. The van der Waals surface area contributed by atoms with Gasteiger partial charge in [0.05, 0.1) is 18.4 Å². The molecule has 122 valence electrons. The Morgan fingerprint density at radius 2 is 2.26 bits per heavy atom. The van der Waals surface area contributed by atoms with Crippen molar-refractivity contribution in [3.05, 3.63) is 47.1 Å². The smallest absolute Gasteiger partial charge is 0.138 e. The number of aromatic nitrogens is 2. The number of rotatable bonds is 5. The van der Waals surface area contributed by atoms with Crippen LogP contribution in [0.2, 0.25) is 0 Å². The summed E-state index contributed by atoms with van der Waals surface area (Å²) in [4.78, 5) is 6.72. The van der Waals surface area contributed by atoms with E-state index in [4.69, 9.17) is 9.26 Å². The maximum Gasteiger partial charge on any atom is 0.138 e. The molecule has 0 spiro atoms. The van der Waals surface area contributed by atoms with Crippen molar-refractivity contribution in [2.24, 2.45) is 5.92 Å². The second-order valence-corrected chi connectivity index (χ2v) is 6.83. The Hall–Kier alpha value is -1.72. The number of fused-ring (bicyclic) bond motifs is 2. The first-order chi connectivity index (χ1) is 11.2. The average Bonchev–Trinajstić information content (AvgIpc) is 3.24. The molecule has 0 amide bonds. The van der Waals surface area contributed by atoms with Gasteiger partial charge in [-0.25, -0.2) is 0 Å². The summed E-state index contributed by atoms with van der Waals surface area (Å²) in [6, 6.07) is 4.67. The number of pyridine rings is 1. The van der Waals surface area contributed by atoms with Crippen LogP contribution < -0.4 is 0 Å². The summed E-state index contributed by atoms with van der Waals surface area (Å²) in [5.74, 6) is 1.60. The molecule has 0 N–H and O–H groups in total. The van der Waals surface area contributed by atoms with Crippen LogP contribution in [0, 0.1) is 19.8 Å². The van der Waals surface area contributed by atoms with Crippen LogP contribution in [-0.2, 0) is 17.9 Å². The summed E-state index contributed by atoms with van der Waals surface area (Å²) >= 11 is 0. The molecule has 2 aromatic heterocycles. The molecule has 0 aromatic carbocycles. The zero-order chi connectivity index (χ0) is 15.8. The highest BCUT2D eigenvalue weighted by Gasteiger charge is 2.45. The van der Waals surface area contributed by atoms with Crippen molar-refractivity contribution in [3.63, 3.8) is 0 Å². The lowest BCUT2D eigenvalue weighted by molar-refractivity contribution is -0.0118. The molecule has 0 radical (unpaired) electrons. The molecule has 3 atom stereocenters. The van der Waals surface area contributed by atoms with Crippen LogP contribution >= 0.6 is 0 Å². The Morgan fingerprint density at radius 1 is 1.35 bits per heavy atom. The van der Waals surface area contributed by atoms with Gasteiger partial charge in [0.2, 0.25) is 0 Å². The van der Waals surface area contributed by atoms with Gasteiger partial charge in [-0.2, -0.15) is 0 Å². The molecule has 2 bridgehead atoms. The fourth-order valence-electron chi connectivity index (χ4n) is 4.01. The molecular weight excluding hydrogens is 290 g/mol. The van der Waals surface area contributed by atoms with Gasteiger partial charge in [-0.3, -0.25) is 9.88 Å². The number of likely N-dealkylation sites (tertiary alicyclic amines) is 1. The molecule has 5 heteroatoms. The monoisotopic (exact) mass is 313 g/mol. The summed E-state index contributed by atoms with van der Waals surface area (Å²) in [7, 11) is 0. The van der Waals surface area contributed by atoms with Crippen LogP contribution in [0.5, 0.6) is 0 Å². The number of piperidine rings is 1. The van der Waals surface area contributed by atoms with Gasteiger partial charge in [-0.15, -0.1) is 0 Å². The van der Waals surface area contributed by atoms with Crippen molar-refractivity contribution < 1.29 is 9.26 Å². The molecule has 0 unspecified atom stereocenters. The van der Waals surface area contributed by atoms with E-state index in [1.165, 1.54) is 12.0 Å². The minimum Gasteiger partial charge on any atom is -0.373 e. The zero-order valence-electron chi connectivity index (χ0n) is 13.7. The van der Waals surface area contributed by atoms with Gasteiger partial charge in [0.1, 0.15) is 5.76 Å². The fourth-order valence-corrected chi connectivity index (χ4v) is 4.01. The third kappa shape index (κ3) is 2.91. The Kier molecular flexibility index (Phi) is 3.91. The lowest BCUT2D eigenvalue weighted by atomic mass is 10.0. The first kappa shape index (κ1) is 14.8. The Bertz CT molecular complexity index is 651. The van der Waals surface area contributed by atoms with Gasteiger partial charge in [0.15, 0.2) is 0 Å². The van der Waals surface area contributed by atoms with Crippen molar-refractivity contribution in [1.29, 1.82) is 0 Å². The largest absolute Gasteiger partial charge is 0.373 e. The normalized spacial score (nSPS) is 27.0. The number of ether oxygens (including phenoxy) is 1. The third-order valence-electron chi connectivity index (χ3n) is 5.32. The first-order valence-electron chi connectivity index (χ1n) is 8.37. The number of nitrogens with zero attached hydrogens (tertiary/aromatic N) is 3. The second-order valence-electron chi connectivity index (χ2n) is 6.83. The van der Waals surface area contributed by atoms with Crippen LogP contribution in [0.3, 0.4) is 0 Å². The quantitative estimate of drug-likeness (QED) is 0.849. The van der Waals surface area contributed by atoms with Gasteiger partial charge in [0, 0.05) is 37.1 Å². The van der Waals surface area contributed by atoms with E-state index in [2.05, 4.69) is 21.1 Å². The Morgan fingerprint density at radius 3 is 2.91 bits per heavy atom. The van der Waals surface area contributed by atoms with Gasteiger partial charge in [-0.05, 0) is 44.2 Å². The fraction of sp³-hybridized carbons (Fsp3) is 0.556. The Labute approximate surface area is 136 Å². The molecular formula is C18H23N3O2. The molecule has 2 fully saturated rings. The molecule has 3 heterocycles. The second kappa shape index (κ2) is 6.06. The van der Waals surface area contributed by atoms with Gasteiger partial charge in [-0.1, -0.05) is 11.2 Å². The van der Waals surface area contributed by atoms with Gasteiger partial charge in [0.25, 0.3) is 0 Å². The molecule has 2 aliphatic rings. The number of aryl methyl sites for hydroxylation is 2. The SMILES string of the molecule is Cc1noc(C)c1CN1C[C@H]2C[C@H]1C[C@H]2OCc1cccnc1. The highest BCUT2D eigenvalue weighted by Crippen LogP contribution is 2.40. The van der Waals surface area contributed by atoms with E-state index in [0.29, 0.717) is 24.7 Å². The van der Waals surface area contributed by atoms with E-state index in [0.717, 1.165) is 36.5 Å². The van der Waals surface area contributed by atoms with Crippen molar-refractivity contribution in [2.45, 2.75) is 52.0 Å². The molecule has 1 saturated carbocycles. The lowest BCUT2D eigenvalue weighted by Crippen LogP contribution is -2.38. The topological polar surface area (TPSA) is 51.4 Å². The average molecular weight is 313 g/mol. The van der Waals surface area contributed by atoms with Crippen LogP contribution in [-0.4, -0.2) is 33.7 Å². The molecule has 4 rings (SSSR count). The van der Waals surface area contributed by atoms with Gasteiger partial charge < -0.3 is 9.26 Å². The molecule has 5 nitrogen and oxygen atoms in total. The van der Waals surface area contributed by atoms with E-state index in [1.807, 2.05) is 26.1 Å². The molecule has 1 aliphatic carbocycles. The van der Waals surface area contributed by atoms with E-state index in [-0.39, 0.29) is 0 Å². The van der Waals surface area contributed by atoms with Crippen molar-refractivity contribution in [2.75, 3.05) is 6.54 Å². The third-order valence-corrected chi connectivity index (χ3v) is 5.32. The van der Waals surface area contributed by atoms with E-state index < -0.39 is 0 Å². The predicted octanol–water partition coefficient (Wildman–Crippen LogP) is 2.87. The van der Waals surface area contributed by atoms with Gasteiger partial charge >= 0.3 is 0 Å². The maximum atomic E-state index is 6.16. The molecule has 23 heavy (non-hydrogen) atoms. The molecule has 1 aliphatic heterocycles. The standard InChI is InChI=1S/C18H23N3O2/c1-12-17(13(2)23-20-12)10-21-9-15-6-16(21)7-18(15)22-11-14-4-3-5-19-8-14/h3-5,8,15-16,18H,6-7,9-11H2,1-2H3/t15-,16+,18-/m1/s1. The minimum atomic E-state index is 0.390. The highest BCUT2D eigenvalue weighted by atomic mass is 16.5. The highest BCUT2D eigenvalue weighted by molar-refractivity contribution is 5.21. The zero-order valence-corrected chi connectivity index (χ0v) is 13.7. The van der Waals surface area contributed by atoms with E-state index in [9.17, 15) is 0 Å². The first-order valence-corrected chi connectivity index (χ1v) is 8.37. The number of hydrogen-bond acceptors (Lipinski definition) is 5. The summed E-state index contributed by atoms with van der Waals surface area (Å²) in [5.41, 5.74) is 3.43. The van der Waals surface area contributed by atoms with E-state index in [1.54, 1.807) is 6.20 Å². The van der Waals surface area contributed by atoms with Crippen molar-refractivity contribution in [1.82, 2.24) is 15.0 Å². The lowest BCUT2D eigenvalue weighted by Gasteiger charge is -2.31. The van der Waals surface area contributed by atoms with Crippen molar-refractivity contribution in [3.8, 4) is 0 Å². The van der Waals surface area contributed by atoms with E-state index >= 15 is 0 Å². The number of hydrogen-bond donors (Lipinski definition) is 0. The van der Waals surface area contributed by atoms with Crippen LogP contribution in [0.25, 0.3) is 0 Å². The maximum absolute atomic E-state index is 6.16. The molecule has 2 aromatic rings. The van der Waals surface area contributed by atoms with Crippen LogP contribution in [0.1, 0.15) is 35.4 Å². The minimum absolute atomic E-state index is 0.390. The predicted molar refractivity (Wildman–Crippen MR) is 85.7 cm³/mol.